The lowest BCUT2D eigenvalue weighted by Gasteiger charge is -2.33. The highest BCUT2D eigenvalue weighted by molar-refractivity contribution is 5.86. The van der Waals surface area contributed by atoms with E-state index in [1.165, 1.54) is 0 Å². The Kier molecular flexibility index (Phi) is 4.20. The van der Waals surface area contributed by atoms with E-state index in [1.807, 2.05) is 20.8 Å². The molecule has 1 aliphatic heterocycles. The summed E-state index contributed by atoms with van der Waals surface area (Å²) in [5.41, 5.74) is -0.631. The average molecular weight is 296 g/mol. The Bertz CT molecular complexity index is 532. The number of aromatic nitrogens is 1. The normalized spacial score (nSPS) is 19.4. The van der Waals surface area contributed by atoms with Crippen molar-refractivity contribution < 1.29 is 23.8 Å². The predicted molar refractivity (Wildman–Crippen MR) is 73.2 cm³/mol. The number of nitrogens with zero attached hydrogens (tertiary/aromatic N) is 2. The van der Waals surface area contributed by atoms with Gasteiger partial charge in [0.15, 0.2) is 12.1 Å². The van der Waals surface area contributed by atoms with Crippen molar-refractivity contribution in [2.24, 2.45) is 0 Å². The second-order valence-corrected chi connectivity index (χ2v) is 6.14. The van der Waals surface area contributed by atoms with E-state index in [-0.39, 0.29) is 17.7 Å². The molecule has 1 aromatic heterocycles. The molecule has 116 valence electrons. The van der Waals surface area contributed by atoms with E-state index in [0.29, 0.717) is 18.8 Å². The molecule has 7 nitrogen and oxygen atoms in total. The molecule has 2 heterocycles. The third kappa shape index (κ3) is 3.74. The first kappa shape index (κ1) is 15.3. The van der Waals surface area contributed by atoms with Crippen LogP contribution in [-0.2, 0) is 4.74 Å². The molecule has 1 aliphatic rings. The number of carbonyl (C=O) groups is 2. The number of carboxylic acid groups (broad SMARTS) is 1. The zero-order valence-electron chi connectivity index (χ0n) is 12.5. The Morgan fingerprint density at radius 3 is 2.81 bits per heavy atom. The van der Waals surface area contributed by atoms with Crippen LogP contribution in [0.25, 0.3) is 0 Å². The minimum atomic E-state index is -1.12. The van der Waals surface area contributed by atoms with Crippen LogP contribution >= 0.6 is 0 Å². The van der Waals surface area contributed by atoms with Crippen molar-refractivity contribution in [3.63, 3.8) is 0 Å². The topological polar surface area (TPSA) is 92.9 Å². The van der Waals surface area contributed by atoms with Crippen LogP contribution < -0.4 is 0 Å². The zero-order chi connectivity index (χ0) is 15.6. The van der Waals surface area contributed by atoms with Crippen molar-refractivity contribution >= 4 is 12.1 Å². The average Bonchev–Trinajstić information content (AvgIpc) is 2.86. The van der Waals surface area contributed by atoms with E-state index < -0.39 is 11.6 Å². The molecule has 7 heteroatoms. The minimum absolute atomic E-state index is 0.0777. The van der Waals surface area contributed by atoms with Crippen molar-refractivity contribution in [2.45, 2.75) is 45.1 Å². The first-order valence-electron chi connectivity index (χ1n) is 6.92. The summed E-state index contributed by atoms with van der Waals surface area (Å²) in [5, 5.41) is 9.09. The highest BCUT2D eigenvalue weighted by Crippen LogP contribution is 2.29. The summed E-state index contributed by atoms with van der Waals surface area (Å²) in [4.78, 5) is 28.5. The fraction of sp³-hybridized carbons (Fsp3) is 0.643. The molecule has 2 rings (SSSR count). The standard InChI is InChI=1S/C14H20N2O5/c1-14(2,3)21-13(19)16-6-4-5-9(7-16)11-10(12(17)18)15-8-20-11/h8-9H,4-7H2,1-3H3,(H,17,18)/t9-/m1/s1. The molecule has 0 radical (unpaired) electrons. The second kappa shape index (κ2) is 5.75. The monoisotopic (exact) mass is 296 g/mol. The maximum Gasteiger partial charge on any atom is 0.410 e. The molecule has 0 spiro atoms. The van der Waals surface area contributed by atoms with Crippen molar-refractivity contribution in [1.82, 2.24) is 9.88 Å². The molecule has 1 saturated heterocycles. The highest BCUT2D eigenvalue weighted by Gasteiger charge is 2.32. The van der Waals surface area contributed by atoms with Crippen LogP contribution in [0.5, 0.6) is 0 Å². The van der Waals surface area contributed by atoms with Gasteiger partial charge in [0.25, 0.3) is 0 Å². The van der Waals surface area contributed by atoms with Gasteiger partial charge in [0, 0.05) is 19.0 Å². The lowest BCUT2D eigenvalue weighted by molar-refractivity contribution is 0.0192. The molecule has 0 aliphatic carbocycles. The molecule has 0 saturated carbocycles. The van der Waals surface area contributed by atoms with Gasteiger partial charge in [-0.2, -0.15) is 0 Å². The number of likely N-dealkylation sites (tertiary alicyclic amines) is 1. The van der Waals surface area contributed by atoms with Crippen molar-refractivity contribution in [3.8, 4) is 0 Å². The molecule has 0 bridgehead atoms. The Hall–Kier alpha value is -2.05. The predicted octanol–water partition coefficient (Wildman–Crippen LogP) is 2.49. The van der Waals surface area contributed by atoms with Gasteiger partial charge in [0.1, 0.15) is 11.4 Å². The van der Waals surface area contributed by atoms with E-state index in [0.717, 1.165) is 19.2 Å². The molecule has 0 aromatic carbocycles. The van der Waals surface area contributed by atoms with Crippen molar-refractivity contribution in [1.29, 1.82) is 0 Å². The van der Waals surface area contributed by atoms with E-state index >= 15 is 0 Å². The molecular weight excluding hydrogens is 276 g/mol. The van der Waals surface area contributed by atoms with E-state index in [9.17, 15) is 9.59 Å². The highest BCUT2D eigenvalue weighted by atomic mass is 16.6. The second-order valence-electron chi connectivity index (χ2n) is 6.14. The van der Waals surface area contributed by atoms with E-state index in [4.69, 9.17) is 14.3 Å². The quantitative estimate of drug-likeness (QED) is 0.901. The summed E-state index contributed by atoms with van der Waals surface area (Å²) in [7, 11) is 0. The van der Waals surface area contributed by atoms with Gasteiger partial charge in [-0.3, -0.25) is 0 Å². The van der Waals surface area contributed by atoms with Crippen LogP contribution in [0.2, 0.25) is 0 Å². The SMILES string of the molecule is CC(C)(C)OC(=O)N1CCC[C@@H](c2ocnc2C(=O)O)C1. The molecule has 1 aromatic rings. The van der Waals surface area contributed by atoms with Crippen LogP contribution in [0.4, 0.5) is 4.79 Å². The molecule has 21 heavy (non-hydrogen) atoms. The third-order valence-corrected chi connectivity index (χ3v) is 3.24. The van der Waals surface area contributed by atoms with Crippen molar-refractivity contribution in [3.05, 3.63) is 17.8 Å². The first-order valence-corrected chi connectivity index (χ1v) is 6.92. The number of amides is 1. The molecule has 1 N–H and O–H groups in total. The molecular formula is C14H20N2O5. The van der Waals surface area contributed by atoms with Crippen molar-refractivity contribution in [2.75, 3.05) is 13.1 Å². The number of hydrogen-bond donors (Lipinski definition) is 1. The molecule has 1 atom stereocenters. The molecule has 1 amide bonds. The van der Waals surface area contributed by atoms with Gasteiger partial charge < -0.3 is 19.2 Å². The van der Waals surface area contributed by atoms with Crippen LogP contribution in [-0.4, -0.2) is 45.7 Å². The fourth-order valence-electron chi connectivity index (χ4n) is 2.39. The number of aromatic carboxylic acids is 1. The maximum atomic E-state index is 12.1. The number of carbonyl (C=O) groups excluding carboxylic acids is 1. The van der Waals surface area contributed by atoms with Crippen LogP contribution in [0.3, 0.4) is 0 Å². The number of rotatable bonds is 2. The summed E-state index contributed by atoms with van der Waals surface area (Å²) in [5.74, 6) is -0.955. The first-order chi connectivity index (χ1) is 9.78. The van der Waals surface area contributed by atoms with Gasteiger partial charge >= 0.3 is 12.1 Å². The van der Waals surface area contributed by atoms with Gasteiger partial charge in [-0.15, -0.1) is 0 Å². The van der Waals surface area contributed by atoms with Crippen LogP contribution in [0.1, 0.15) is 55.8 Å². The van der Waals surface area contributed by atoms with E-state index in [1.54, 1.807) is 4.90 Å². The van der Waals surface area contributed by atoms with Gasteiger partial charge in [-0.05, 0) is 33.6 Å². The Morgan fingerprint density at radius 2 is 2.19 bits per heavy atom. The zero-order valence-corrected chi connectivity index (χ0v) is 12.5. The van der Waals surface area contributed by atoms with Gasteiger partial charge in [0.05, 0.1) is 0 Å². The van der Waals surface area contributed by atoms with Crippen LogP contribution in [0.15, 0.2) is 10.8 Å². The van der Waals surface area contributed by atoms with Crippen LogP contribution in [0, 0.1) is 0 Å². The number of oxazole rings is 1. The third-order valence-electron chi connectivity index (χ3n) is 3.24. The summed E-state index contributed by atoms with van der Waals surface area (Å²) in [6.07, 6.45) is 2.27. The van der Waals surface area contributed by atoms with Gasteiger partial charge in [0.2, 0.25) is 0 Å². The van der Waals surface area contributed by atoms with E-state index in [2.05, 4.69) is 4.98 Å². The van der Waals surface area contributed by atoms with Gasteiger partial charge in [-0.1, -0.05) is 0 Å². The van der Waals surface area contributed by atoms with Gasteiger partial charge in [-0.25, -0.2) is 14.6 Å². The summed E-state index contributed by atoms with van der Waals surface area (Å²) < 4.78 is 10.6. The Labute approximate surface area is 122 Å². The summed E-state index contributed by atoms with van der Waals surface area (Å²) in [6.45, 7) is 6.41. The largest absolute Gasteiger partial charge is 0.476 e. The molecule has 1 fully saturated rings. The number of piperidine rings is 1. The maximum absolute atomic E-state index is 12.1. The smallest absolute Gasteiger partial charge is 0.410 e. The number of carboxylic acids is 1. The number of ether oxygens (including phenoxy) is 1. The lowest BCUT2D eigenvalue weighted by atomic mass is 9.94. The lowest BCUT2D eigenvalue weighted by Crippen LogP contribution is -2.42. The summed E-state index contributed by atoms with van der Waals surface area (Å²) in [6, 6.07) is 0. The Morgan fingerprint density at radius 1 is 1.48 bits per heavy atom. The minimum Gasteiger partial charge on any atom is -0.476 e. The summed E-state index contributed by atoms with van der Waals surface area (Å²) >= 11 is 0. The fourth-order valence-corrected chi connectivity index (χ4v) is 2.39. The molecule has 0 unspecified atom stereocenters. The Balaban J connectivity index is 2.09. The number of hydrogen-bond acceptors (Lipinski definition) is 5.